The Hall–Kier alpha value is -2.50. The van der Waals surface area contributed by atoms with Crippen molar-refractivity contribution in [1.82, 2.24) is 0 Å². The summed E-state index contributed by atoms with van der Waals surface area (Å²) in [6.07, 6.45) is 0. The molecule has 3 aromatic carbocycles. The van der Waals surface area contributed by atoms with Gasteiger partial charge in [0.05, 0.1) is 12.7 Å². The molecular weight excluding hydrogens is 444 g/mol. The van der Waals surface area contributed by atoms with Crippen molar-refractivity contribution < 1.29 is 19.0 Å². The summed E-state index contributed by atoms with van der Waals surface area (Å²) in [5.74, 6) is 0.583. The smallest absolute Gasteiger partial charge is 0.338 e. The highest BCUT2D eigenvalue weighted by atomic mass is 79.9. The highest BCUT2D eigenvalue weighted by Crippen LogP contribution is 2.29. The monoisotopic (exact) mass is 460 g/mol. The molecule has 0 aliphatic heterocycles. The molecule has 3 rings (SSSR count). The zero-order valence-electron chi connectivity index (χ0n) is 15.2. The fourth-order valence-corrected chi connectivity index (χ4v) is 2.86. The Bertz CT molecular complexity index is 940. The Kier molecular flexibility index (Phi) is 6.95. The maximum Gasteiger partial charge on any atom is 0.338 e. The van der Waals surface area contributed by atoms with Gasteiger partial charge in [0, 0.05) is 9.50 Å². The highest BCUT2D eigenvalue weighted by Gasteiger charge is 2.13. The molecule has 0 amide bonds. The molecule has 0 atom stereocenters. The van der Waals surface area contributed by atoms with Crippen LogP contribution in [0.25, 0.3) is 0 Å². The molecule has 0 radical (unpaired) electrons. The molecule has 6 heteroatoms. The van der Waals surface area contributed by atoms with Crippen LogP contribution in [0, 0.1) is 0 Å². The third kappa shape index (κ3) is 5.50. The quantitative estimate of drug-likeness (QED) is 0.402. The molecule has 4 nitrogen and oxygen atoms in total. The maximum atomic E-state index is 12.3. The fourth-order valence-electron chi connectivity index (χ4n) is 2.47. The number of carbonyl (C=O) groups excluding carboxylic acids is 1. The predicted molar refractivity (Wildman–Crippen MR) is 112 cm³/mol. The summed E-state index contributed by atoms with van der Waals surface area (Å²) >= 11 is 9.26. The van der Waals surface area contributed by atoms with Gasteiger partial charge in [-0.15, -0.1) is 0 Å². The minimum Gasteiger partial charge on any atom is -0.493 e. The molecule has 0 saturated carbocycles. The number of benzene rings is 3. The van der Waals surface area contributed by atoms with Gasteiger partial charge in [0.15, 0.2) is 11.5 Å². The van der Waals surface area contributed by atoms with E-state index in [1.165, 1.54) is 7.11 Å². The van der Waals surface area contributed by atoms with Crippen molar-refractivity contribution in [3.63, 3.8) is 0 Å². The van der Waals surface area contributed by atoms with Crippen LogP contribution in [0.15, 0.2) is 71.2 Å². The van der Waals surface area contributed by atoms with Crippen LogP contribution in [0.1, 0.15) is 21.5 Å². The summed E-state index contributed by atoms with van der Waals surface area (Å²) in [5, 5.41) is 0.673. The molecule has 0 spiro atoms. The fraction of sp³-hybridized carbons (Fsp3) is 0.136. The topological polar surface area (TPSA) is 44.8 Å². The van der Waals surface area contributed by atoms with Gasteiger partial charge in [-0.2, -0.15) is 0 Å². The average Bonchev–Trinajstić information content (AvgIpc) is 2.72. The standard InChI is InChI=1S/C22H18BrClO4/c1-26-21-12-17(22(25)28-14-15-2-7-18(23)8-3-15)6-11-20(21)27-13-16-4-9-19(24)10-5-16/h2-12H,13-14H2,1H3. The van der Waals surface area contributed by atoms with Gasteiger partial charge in [-0.05, 0) is 53.6 Å². The summed E-state index contributed by atoms with van der Waals surface area (Å²) < 4.78 is 17.5. The first-order chi connectivity index (χ1) is 13.5. The third-order valence-corrected chi connectivity index (χ3v) is 4.77. The third-order valence-electron chi connectivity index (χ3n) is 3.99. The second-order valence-electron chi connectivity index (χ2n) is 5.98. The zero-order valence-corrected chi connectivity index (χ0v) is 17.5. The van der Waals surface area contributed by atoms with Gasteiger partial charge in [-0.1, -0.05) is 51.8 Å². The van der Waals surface area contributed by atoms with Gasteiger partial charge in [-0.25, -0.2) is 4.79 Å². The normalized spacial score (nSPS) is 10.4. The van der Waals surface area contributed by atoms with Crippen molar-refractivity contribution in [2.75, 3.05) is 7.11 Å². The van der Waals surface area contributed by atoms with E-state index in [0.29, 0.717) is 28.7 Å². The lowest BCUT2D eigenvalue weighted by Crippen LogP contribution is -2.06. The first-order valence-electron chi connectivity index (χ1n) is 8.52. The molecule has 0 aliphatic carbocycles. The molecule has 0 heterocycles. The van der Waals surface area contributed by atoms with E-state index in [4.69, 9.17) is 25.8 Å². The molecule has 28 heavy (non-hydrogen) atoms. The molecule has 3 aromatic rings. The van der Waals surface area contributed by atoms with Crippen molar-refractivity contribution in [1.29, 1.82) is 0 Å². The predicted octanol–water partition coefficient (Wildman–Crippen LogP) is 6.05. The largest absolute Gasteiger partial charge is 0.493 e. The van der Waals surface area contributed by atoms with E-state index in [1.54, 1.807) is 18.2 Å². The Morgan fingerprint density at radius 2 is 1.54 bits per heavy atom. The van der Waals surface area contributed by atoms with Gasteiger partial charge in [-0.3, -0.25) is 0 Å². The molecule has 0 aliphatic rings. The Morgan fingerprint density at radius 1 is 0.893 bits per heavy atom. The first kappa shape index (κ1) is 20.2. The van der Waals surface area contributed by atoms with Crippen LogP contribution in [0.2, 0.25) is 5.02 Å². The van der Waals surface area contributed by atoms with E-state index in [-0.39, 0.29) is 6.61 Å². The average molecular weight is 462 g/mol. The minimum atomic E-state index is -0.425. The second kappa shape index (κ2) is 9.62. The SMILES string of the molecule is COc1cc(C(=O)OCc2ccc(Br)cc2)ccc1OCc1ccc(Cl)cc1. The van der Waals surface area contributed by atoms with Crippen molar-refractivity contribution in [3.05, 3.63) is 92.9 Å². The molecule has 0 bridgehead atoms. The van der Waals surface area contributed by atoms with Crippen molar-refractivity contribution in [2.24, 2.45) is 0 Å². The molecule has 0 fully saturated rings. The van der Waals surface area contributed by atoms with Crippen LogP contribution in [-0.4, -0.2) is 13.1 Å². The molecule has 144 valence electrons. The summed E-state index contributed by atoms with van der Waals surface area (Å²) in [4.78, 5) is 12.3. The molecule has 0 unspecified atom stereocenters. The number of hydrogen-bond donors (Lipinski definition) is 0. The van der Waals surface area contributed by atoms with E-state index in [2.05, 4.69) is 15.9 Å². The number of methoxy groups -OCH3 is 1. The highest BCUT2D eigenvalue weighted by molar-refractivity contribution is 9.10. The number of rotatable bonds is 7. The molecule has 0 saturated heterocycles. The van der Waals surface area contributed by atoms with Crippen molar-refractivity contribution in [3.8, 4) is 11.5 Å². The van der Waals surface area contributed by atoms with Crippen LogP contribution in [0.5, 0.6) is 11.5 Å². The number of esters is 1. The first-order valence-corrected chi connectivity index (χ1v) is 9.69. The summed E-state index contributed by atoms with van der Waals surface area (Å²) in [7, 11) is 1.53. The van der Waals surface area contributed by atoms with Gasteiger partial charge in [0.2, 0.25) is 0 Å². The van der Waals surface area contributed by atoms with Crippen LogP contribution < -0.4 is 9.47 Å². The Labute approximate surface area is 177 Å². The van der Waals surface area contributed by atoms with Gasteiger partial charge in [0.25, 0.3) is 0 Å². The summed E-state index contributed by atoms with van der Waals surface area (Å²) in [6, 6.07) is 20.0. The number of hydrogen-bond acceptors (Lipinski definition) is 4. The number of ether oxygens (including phenoxy) is 3. The molecule has 0 aromatic heterocycles. The van der Waals surface area contributed by atoms with Gasteiger partial charge in [0.1, 0.15) is 13.2 Å². The van der Waals surface area contributed by atoms with Gasteiger partial charge < -0.3 is 14.2 Å². The zero-order chi connectivity index (χ0) is 19.9. The summed E-state index contributed by atoms with van der Waals surface area (Å²) in [6.45, 7) is 0.560. The van der Waals surface area contributed by atoms with E-state index in [0.717, 1.165) is 15.6 Å². The van der Waals surface area contributed by atoms with Crippen LogP contribution in [-0.2, 0) is 18.0 Å². The Balaban J connectivity index is 1.63. The van der Waals surface area contributed by atoms with E-state index < -0.39 is 5.97 Å². The number of halogens is 2. The molecule has 0 N–H and O–H groups in total. The van der Waals surface area contributed by atoms with E-state index in [9.17, 15) is 4.79 Å². The minimum absolute atomic E-state index is 0.198. The van der Waals surface area contributed by atoms with Crippen LogP contribution in [0.3, 0.4) is 0 Å². The van der Waals surface area contributed by atoms with Crippen LogP contribution in [0.4, 0.5) is 0 Å². The van der Waals surface area contributed by atoms with Crippen molar-refractivity contribution >= 4 is 33.5 Å². The lowest BCUT2D eigenvalue weighted by Gasteiger charge is -2.12. The Morgan fingerprint density at radius 3 is 2.21 bits per heavy atom. The van der Waals surface area contributed by atoms with Crippen molar-refractivity contribution in [2.45, 2.75) is 13.2 Å². The molecular formula is C22H18BrClO4. The maximum absolute atomic E-state index is 12.3. The van der Waals surface area contributed by atoms with E-state index in [1.807, 2.05) is 48.5 Å². The van der Waals surface area contributed by atoms with Crippen LogP contribution >= 0.6 is 27.5 Å². The second-order valence-corrected chi connectivity index (χ2v) is 7.34. The number of carbonyl (C=O) groups is 1. The lowest BCUT2D eigenvalue weighted by atomic mass is 10.2. The summed E-state index contributed by atoms with van der Waals surface area (Å²) in [5.41, 5.74) is 2.28. The van der Waals surface area contributed by atoms with Gasteiger partial charge >= 0.3 is 5.97 Å². The lowest BCUT2D eigenvalue weighted by molar-refractivity contribution is 0.0472. The van der Waals surface area contributed by atoms with E-state index >= 15 is 0 Å².